The number of nitrogens with one attached hydrogen (secondary N) is 1. The van der Waals surface area contributed by atoms with Gasteiger partial charge in [0.05, 0.1) is 6.10 Å². The maximum atomic E-state index is 5.80. The molecule has 1 aromatic carbocycles. The Labute approximate surface area is 139 Å². The van der Waals surface area contributed by atoms with Gasteiger partial charge in [-0.2, -0.15) is 0 Å². The number of hydrogen-bond acceptors (Lipinski definition) is 4. The fraction of sp³-hybridized carbons (Fsp3) is 0.647. The van der Waals surface area contributed by atoms with Gasteiger partial charge in [-0.3, -0.25) is 4.90 Å². The Balaban J connectivity index is 0.00000176. The number of hydrogen-bond donors (Lipinski definition) is 1. The van der Waals surface area contributed by atoms with Gasteiger partial charge in [-0.25, -0.2) is 0 Å². The molecule has 124 valence electrons. The van der Waals surface area contributed by atoms with Gasteiger partial charge in [0, 0.05) is 38.8 Å². The first-order valence-corrected chi connectivity index (χ1v) is 8.09. The minimum atomic E-state index is 0. The molecule has 0 bridgehead atoms. The van der Waals surface area contributed by atoms with Crippen LogP contribution in [0, 0.1) is 0 Å². The molecule has 2 aliphatic heterocycles. The summed E-state index contributed by atoms with van der Waals surface area (Å²) in [6, 6.07) is 9.11. The van der Waals surface area contributed by atoms with E-state index in [0.717, 1.165) is 51.4 Å². The van der Waals surface area contributed by atoms with Gasteiger partial charge in [-0.05, 0) is 37.5 Å². The lowest BCUT2D eigenvalue weighted by atomic mass is 10.1. The van der Waals surface area contributed by atoms with Crippen LogP contribution in [0.15, 0.2) is 24.3 Å². The number of ether oxygens (including phenoxy) is 2. The molecule has 1 aromatic rings. The molecular weight excluding hydrogens is 300 g/mol. The monoisotopic (exact) mass is 326 g/mol. The first-order valence-electron chi connectivity index (χ1n) is 8.09. The van der Waals surface area contributed by atoms with Gasteiger partial charge >= 0.3 is 0 Å². The van der Waals surface area contributed by atoms with E-state index in [1.54, 1.807) is 0 Å². The number of nitrogens with zero attached hydrogens (tertiary/aromatic N) is 1. The minimum absolute atomic E-state index is 0. The van der Waals surface area contributed by atoms with E-state index < -0.39 is 0 Å². The van der Waals surface area contributed by atoms with E-state index in [1.807, 2.05) is 0 Å². The Hall–Kier alpha value is -0.810. The summed E-state index contributed by atoms with van der Waals surface area (Å²) in [7, 11) is 0. The molecule has 0 aromatic heterocycles. The Morgan fingerprint density at radius 3 is 2.82 bits per heavy atom. The number of benzene rings is 1. The summed E-state index contributed by atoms with van der Waals surface area (Å²) in [5, 5.41) is 3.48. The van der Waals surface area contributed by atoms with E-state index >= 15 is 0 Å². The van der Waals surface area contributed by atoms with Crippen molar-refractivity contribution < 1.29 is 9.47 Å². The van der Waals surface area contributed by atoms with Crippen LogP contribution < -0.4 is 10.1 Å². The molecule has 0 saturated carbocycles. The van der Waals surface area contributed by atoms with Crippen LogP contribution in [-0.2, 0) is 11.3 Å². The molecule has 2 saturated heterocycles. The molecule has 2 atom stereocenters. The average Bonchev–Trinajstić information content (AvgIpc) is 3.00. The molecule has 0 spiro atoms. The molecule has 0 amide bonds. The SMILES string of the molecule is CC1CN(Cc2ccc(OCC3CCCO3)cc2)CCN1.Cl. The standard InChI is InChI=1S/C17H26N2O2.ClH/c1-14-11-19(9-8-18-14)12-15-4-6-16(7-5-15)21-13-17-3-2-10-20-17;/h4-7,14,17-18H,2-3,8-13H2,1H3;1H. The average molecular weight is 327 g/mol. The van der Waals surface area contributed by atoms with E-state index in [1.165, 1.54) is 5.56 Å². The van der Waals surface area contributed by atoms with E-state index in [-0.39, 0.29) is 18.5 Å². The van der Waals surface area contributed by atoms with Crippen LogP contribution in [0.25, 0.3) is 0 Å². The summed E-state index contributed by atoms with van der Waals surface area (Å²) in [6.07, 6.45) is 2.57. The third kappa shape index (κ3) is 5.13. The summed E-state index contributed by atoms with van der Waals surface area (Å²) in [5.74, 6) is 0.947. The lowest BCUT2D eigenvalue weighted by Crippen LogP contribution is -2.48. The summed E-state index contributed by atoms with van der Waals surface area (Å²) in [6.45, 7) is 8.17. The topological polar surface area (TPSA) is 33.7 Å². The Bertz CT molecular complexity index is 435. The first kappa shape index (κ1) is 17.5. The van der Waals surface area contributed by atoms with Crippen molar-refractivity contribution in [1.82, 2.24) is 10.2 Å². The molecule has 2 heterocycles. The van der Waals surface area contributed by atoms with Gasteiger partial charge in [-0.15, -0.1) is 12.4 Å². The molecule has 3 rings (SSSR count). The third-order valence-corrected chi connectivity index (χ3v) is 4.24. The van der Waals surface area contributed by atoms with Gasteiger partial charge in [0.15, 0.2) is 0 Å². The van der Waals surface area contributed by atoms with Crippen LogP contribution >= 0.6 is 12.4 Å². The van der Waals surface area contributed by atoms with Gasteiger partial charge in [0.1, 0.15) is 12.4 Å². The quantitative estimate of drug-likeness (QED) is 0.901. The highest BCUT2D eigenvalue weighted by atomic mass is 35.5. The van der Waals surface area contributed by atoms with Crippen molar-refractivity contribution in [2.75, 3.05) is 32.8 Å². The number of rotatable bonds is 5. The van der Waals surface area contributed by atoms with Crippen molar-refractivity contribution in [3.05, 3.63) is 29.8 Å². The third-order valence-electron chi connectivity index (χ3n) is 4.24. The molecule has 2 unspecified atom stereocenters. The van der Waals surface area contributed by atoms with Gasteiger partial charge < -0.3 is 14.8 Å². The van der Waals surface area contributed by atoms with E-state index in [2.05, 4.69) is 41.4 Å². The second kappa shape index (κ2) is 8.73. The van der Waals surface area contributed by atoms with Crippen molar-refractivity contribution in [3.8, 4) is 5.75 Å². The van der Waals surface area contributed by atoms with E-state index in [0.29, 0.717) is 12.6 Å². The normalized spacial score (nSPS) is 25.7. The van der Waals surface area contributed by atoms with Crippen molar-refractivity contribution in [3.63, 3.8) is 0 Å². The van der Waals surface area contributed by atoms with E-state index in [4.69, 9.17) is 9.47 Å². The highest BCUT2D eigenvalue weighted by Crippen LogP contribution is 2.17. The molecule has 2 fully saturated rings. The predicted molar refractivity (Wildman–Crippen MR) is 90.9 cm³/mol. The van der Waals surface area contributed by atoms with Gasteiger partial charge in [0.25, 0.3) is 0 Å². The highest BCUT2D eigenvalue weighted by Gasteiger charge is 2.17. The molecule has 0 aliphatic carbocycles. The summed E-state index contributed by atoms with van der Waals surface area (Å²) in [5.41, 5.74) is 1.36. The molecule has 0 radical (unpaired) electrons. The number of halogens is 1. The van der Waals surface area contributed by atoms with Gasteiger partial charge in [0.2, 0.25) is 0 Å². The summed E-state index contributed by atoms with van der Waals surface area (Å²) in [4.78, 5) is 2.50. The lowest BCUT2D eigenvalue weighted by Gasteiger charge is -2.31. The van der Waals surface area contributed by atoms with Crippen LogP contribution in [0.5, 0.6) is 5.75 Å². The van der Waals surface area contributed by atoms with Gasteiger partial charge in [-0.1, -0.05) is 12.1 Å². The van der Waals surface area contributed by atoms with Crippen molar-refractivity contribution >= 4 is 12.4 Å². The van der Waals surface area contributed by atoms with E-state index in [9.17, 15) is 0 Å². The van der Waals surface area contributed by atoms with Crippen LogP contribution in [0.4, 0.5) is 0 Å². The maximum Gasteiger partial charge on any atom is 0.119 e. The fourth-order valence-electron chi connectivity index (χ4n) is 3.07. The molecule has 1 N–H and O–H groups in total. The highest BCUT2D eigenvalue weighted by molar-refractivity contribution is 5.85. The second-order valence-electron chi connectivity index (χ2n) is 6.18. The van der Waals surface area contributed by atoms with Crippen LogP contribution in [0.2, 0.25) is 0 Å². The first-order chi connectivity index (χ1) is 10.3. The van der Waals surface area contributed by atoms with Crippen molar-refractivity contribution in [2.24, 2.45) is 0 Å². The van der Waals surface area contributed by atoms with Crippen LogP contribution in [0.3, 0.4) is 0 Å². The molecule has 22 heavy (non-hydrogen) atoms. The lowest BCUT2D eigenvalue weighted by molar-refractivity contribution is 0.0679. The number of piperazine rings is 1. The Morgan fingerprint density at radius 1 is 1.32 bits per heavy atom. The van der Waals surface area contributed by atoms with Crippen LogP contribution in [0.1, 0.15) is 25.3 Å². The van der Waals surface area contributed by atoms with Crippen molar-refractivity contribution in [2.45, 2.75) is 38.5 Å². The zero-order chi connectivity index (χ0) is 14.5. The Kier molecular flexibility index (Phi) is 6.96. The second-order valence-corrected chi connectivity index (χ2v) is 6.18. The molecule has 2 aliphatic rings. The minimum Gasteiger partial charge on any atom is -0.491 e. The largest absolute Gasteiger partial charge is 0.491 e. The summed E-state index contributed by atoms with van der Waals surface area (Å²) >= 11 is 0. The maximum absolute atomic E-state index is 5.80. The van der Waals surface area contributed by atoms with Crippen molar-refractivity contribution in [1.29, 1.82) is 0 Å². The zero-order valence-corrected chi connectivity index (χ0v) is 14.1. The smallest absolute Gasteiger partial charge is 0.119 e. The predicted octanol–water partition coefficient (Wildman–Crippen LogP) is 2.46. The molecule has 5 heteroatoms. The molecule has 4 nitrogen and oxygen atoms in total. The Morgan fingerprint density at radius 2 is 2.14 bits per heavy atom. The van der Waals surface area contributed by atoms with Crippen LogP contribution in [-0.4, -0.2) is 49.9 Å². The zero-order valence-electron chi connectivity index (χ0n) is 13.3. The summed E-state index contributed by atoms with van der Waals surface area (Å²) < 4.78 is 11.4. The molecular formula is C17H27ClN2O2. The fourth-order valence-corrected chi connectivity index (χ4v) is 3.07.